The third kappa shape index (κ3) is 4.37. The molecule has 0 aliphatic heterocycles. The molecular formula is C18H20N2O6S. The van der Waals surface area contributed by atoms with Crippen LogP contribution >= 0.6 is 11.3 Å². The zero-order valence-corrected chi connectivity index (χ0v) is 16.4. The molecule has 2 rings (SSSR count). The smallest absolute Gasteiger partial charge is 0.341 e. The predicted octanol–water partition coefficient (Wildman–Crippen LogP) is 3.07. The number of rotatable bonds is 6. The molecular weight excluding hydrogens is 372 g/mol. The van der Waals surface area contributed by atoms with Crippen molar-refractivity contribution in [3.8, 4) is 11.5 Å². The number of esters is 1. The Bertz CT molecular complexity index is 890. The number of benzene rings is 1. The normalized spacial score (nSPS) is 10.1. The molecule has 27 heavy (non-hydrogen) atoms. The van der Waals surface area contributed by atoms with Gasteiger partial charge in [0.1, 0.15) is 16.5 Å². The molecule has 1 aromatic heterocycles. The Kier molecular flexibility index (Phi) is 6.40. The predicted molar refractivity (Wildman–Crippen MR) is 102 cm³/mol. The molecule has 144 valence electrons. The first-order chi connectivity index (χ1) is 12.8. The topological polar surface area (TPSA) is 103 Å². The van der Waals surface area contributed by atoms with E-state index < -0.39 is 11.9 Å². The molecule has 1 aromatic carbocycles. The highest BCUT2D eigenvalue weighted by molar-refractivity contribution is 7.18. The summed E-state index contributed by atoms with van der Waals surface area (Å²) < 4.78 is 15.2. The molecule has 0 unspecified atom stereocenters. The van der Waals surface area contributed by atoms with Gasteiger partial charge in [-0.2, -0.15) is 0 Å². The van der Waals surface area contributed by atoms with Crippen LogP contribution in [-0.4, -0.2) is 39.1 Å². The van der Waals surface area contributed by atoms with E-state index in [1.165, 1.54) is 28.3 Å². The zero-order chi connectivity index (χ0) is 20.1. The maximum atomic E-state index is 12.8. The minimum absolute atomic E-state index is 0.153. The molecule has 1 heterocycles. The first-order valence-electron chi connectivity index (χ1n) is 7.85. The Balaban J connectivity index is 2.43. The monoisotopic (exact) mass is 392 g/mol. The fourth-order valence-electron chi connectivity index (χ4n) is 2.42. The van der Waals surface area contributed by atoms with Gasteiger partial charge in [0.15, 0.2) is 0 Å². The van der Waals surface area contributed by atoms with E-state index in [1.807, 2.05) is 0 Å². The Morgan fingerprint density at radius 2 is 1.74 bits per heavy atom. The van der Waals surface area contributed by atoms with Gasteiger partial charge in [-0.1, -0.05) is 0 Å². The summed E-state index contributed by atoms with van der Waals surface area (Å²) in [5.74, 6) is -0.448. The van der Waals surface area contributed by atoms with E-state index in [4.69, 9.17) is 14.2 Å². The van der Waals surface area contributed by atoms with Gasteiger partial charge < -0.3 is 24.8 Å². The molecule has 2 aromatic rings. The average molecular weight is 392 g/mol. The Morgan fingerprint density at radius 1 is 1.04 bits per heavy atom. The van der Waals surface area contributed by atoms with Crippen LogP contribution in [-0.2, 0) is 9.53 Å². The highest BCUT2D eigenvalue weighted by atomic mass is 32.1. The highest BCUT2D eigenvalue weighted by Crippen LogP contribution is 2.35. The van der Waals surface area contributed by atoms with Crippen LogP contribution in [0.15, 0.2) is 18.2 Å². The van der Waals surface area contributed by atoms with E-state index in [9.17, 15) is 14.4 Å². The van der Waals surface area contributed by atoms with Crippen LogP contribution < -0.4 is 20.1 Å². The summed E-state index contributed by atoms with van der Waals surface area (Å²) in [7, 11) is 4.23. The number of methoxy groups -OCH3 is 3. The summed E-state index contributed by atoms with van der Waals surface area (Å²) in [6, 6.07) is 4.99. The number of anilines is 2. The number of hydrogen-bond acceptors (Lipinski definition) is 7. The van der Waals surface area contributed by atoms with E-state index >= 15 is 0 Å². The van der Waals surface area contributed by atoms with Crippen molar-refractivity contribution in [2.75, 3.05) is 32.0 Å². The van der Waals surface area contributed by atoms with Gasteiger partial charge in [-0.25, -0.2) is 4.79 Å². The molecule has 0 atom stereocenters. The standard InChI is InChI=1S/C18H20N2O6S/c1-9-14(18(23)26-5)17(19-10(2)21)27-15(9)16(22)20-12-8-11(24-3)6-7-13(12)25-4/h6-8H,1-5H3,(H,19,21)(H,20,22). The van der Waals surface area contributed by atoms with Crippen molar-refractivity contribution in [3.05, 3.63) is 34.2 Å². The molecule has 0 fully saturated rings. The Labute approximate surface area is 160 Å². The lowest BCUT2D eigenvalue weighted by Gasteiger charge is -2.11. The van der Waals surface area contributed by atoms with Gasteiger partial charge in [-0.3, -0.25) is 9.59 Å². The van der Waals surface area contributed by atoms with Crippen LogP contribution in [0.2, 0.25) is 0 Å². The number of amides is 2. The summed E-state index contributed by atoms with van der Waals surface area (Å²) >= 11 is 0.992. The minimum Gasteiger partial charge on any atom is -0.497 e. The molecule has 0 saturated heterocycles. The van der Waals surface area contributed by atoms with Crippen molar-refractivity contribution in [3.63, 3.8) is 0 Å². The second-order valence-electron chi connectivity index (χ2n) is 5.45. The SMILES string of the molecule is COC(=O)c1c(NC(C)=O)sc(C(=O)Nc2cc(OC)ccc2OC)c1C. The first kappa shape index (κ1) is 20.2. The van der Waals surface area contributed by atoms with E-state index in [2.05, 4.69) is 10.6 Å². The third-order valence-electron chi connectivity index (χ3n) is 3.69. The average Bonchev–Trinajstić information content (AvgIpc) is 2.96. The summed E-state index contributed by atoms with van der Waals surface area (Å²) in [5.41, 5.74) is 0.978. The number of carbonyl (C=O) groups excluding carboxylic acids is 3. The number of nitrogens with one attached hydrogen (secondary N) is 2. The molecule has 0 bridgehead atoms. The molecule has 0 aliphatic carbocycles. The van der Waals surface area contributed by atoms with Crippen LogP contribution in [0.1, 0.15) is 32.5 Å². The molecule has 2 N–H and O–H groups in total. The van der Waals surface area contributed by atoms with Gasteiger partial charge in [-0.15, -0.1) is 11.3 Å². The molecule has 0 saturated carbocycles. The van der Waals surface area contributed by atoms with E-state index in [0.29, 0.717) is 22.7 Å². The van der Waals surface area contributed by atoms with E-state index in [0.717, 1.165) is 11.3 Å². The quantitative estimate of drug-likeness (QED) is 0.733. The molecule has 0 aliphatic rings. The maximum absolute atomic E-state index is 12.8. The van der Waals surface area contributed by atoms with Crippen LogP contribution in [0.25, 0.3) is 0 Å². The fourth-order valence-corrected chi connectivity index (χ4v) is 3.55. The molecule has 8 nitrogen and oxygen atoms in total. The van der Waals surface area contributed by atoms with Gasteiger partial charge >= 0.3 is 5.97 Å². The number of thiophene rings is 1. The van der Waals surface area contributed by atoms with Crippen LogP contribution in [0.4, 0.5) is 10.7 Å². The van der Waals surface area contributed by atoms with Crippen molar-refractivity contribution in [2.24, 2.45) is 0 Å². The summed E-state index contributed by atoms with van der Waals surface area (Å²) in [5, 5.41) is 5.57. The van der Waals surface area contributed by atoms with Gasteiger partial charge in [0.2, 0.25) is 5.91 Å². The first-order valence-corrected chi connectivity index (χ1v) is 8.66. The molecule has 0 radical (unpaired) electrons. The van der Waals surface area contributed by atoms with E-state index in [-0.39, 0.29) is 21.3 Å². The van der Waals surface area contributed by atoms with Gasteiger partial charge in [-0.05, 0) is 24.6 Å². The van der Waals surface area contributed by atoms with Crippen molar-refractivity contribution in [1.29, 1.82) is 0 Å². The van der Waals surface area contributed by atoms with Crippen molar-refractivity contribution < 1.29 is 28.6 Å². The van der Waals surface area contributed by atoms with Crippen LogP contribution in [0.5, 0.6) is 11.5 Å². The van der Waals surface area contributed by atoms with Crippen LogP contribution in [0, 0.1) is 6.92 Å². The van der Waals surface area contributed by atoms with Gasteiger partial charge in [0, 0.05) is 13.0 Å². The lowest BCUT2D eigenvalue weighted by molar-refractivity contribution is -0.114. The summed E-state index contributed by atoms with van der Waals surface area (Å²) in [4.78, 5) is 36.6. The molecule has 2 amide bonds. The van der Waals surface area contributed by atoms with Crippen LogP contribution in [0.3, 0.4) is 0 Å². The second-order valence-corrected chi connectivity index (χ2v) is 6.47. The lowest BCUT2D eigenvalue weighted by Crippen LogP contribution is -2.13. The summed E-state index contributed by atoms with van der Waals surface area (Å²) in [6.07, 6.45) is 0. The number of ether oxygens (including phenoxy) is 3. The van der Waals surface area contributed by atoms with Gasteiger partial charge in [0.05, 0.1) is 37.5 Å². The third-order valence-corrected chi connectivity index (χ3v) is 4.89. The molecule has 9 heteroatoms. The number of carbonyl (C=O) groups is 3. The van der Waals surface area contributed by atoms with Crippen molar-refractivity contribution in [1.82, 2.24) is 0 Å². The van der Waals surface area contributed by atoms with E-state index in [1.54, 1.807) is 25.1 Å². The Morgan fingerprint density at radius 3 is 2.30 bits per heavy atom. The van der Waals surface area contributed by atoms with Crippen molar-refractivity contribution >= 4 is 39.8 Å². The zero-order valence-electron chi connectivity index (χ0n) is 15.6. The maximum Gasteiger partial charge on any atom is 0.341 e. The molecule has 0 spiro atoms. The van der Waals surface area contributed by atoms with Gasteiger partial charge in [0.25, 0.3) is 5.91 Å². The summed E-state index contributed by atoms with van der Waals surface area (Å²) in [6.45, 7) is 2.93. The lowest BCUT2D eigenvalue weighted by atomic mass is 10.1. The van der Waals surface area contributed by atoms with Crippen molar-refractivity contribution in [2.45, 2.75) is 13.8 Å². The Hall–Kier alpha value is -3.07. The highest BCUT2D eigenvalue weighted by Gasteiger charge is 2.26. The minimum atomic E-state index is -0.634. The second kappa shape index (κ2) is 8.54. The number of hydrogen-bond donors (Lipinski definition) is 2. The largest absolute Gasteiger partial charge is 0.497 e. The fraction of sp³-hybridized carbons (Fsp3) is 0.278.